The van der Waals surface area contributed by atoms with Gasteiger partial charge in [-0.2, -0.15) is 0 Å². The number of piperazine rings is 1. The van der Waals surface area contributed by atoms with E-state index < -0.39 is 0 Å². The fourth-order valence-corrected chi connectivity index (χ4v) is 1.69. The molecule has 1 aromatic rings. The van der Waals surface area contributed by atoms with Gasteiger partial charge in [-0.3, -0.25) is 9.59 Å². The summed E-state index contributed by atoms with van der Waals surface area (Å²) in [5, 5.41) is 2.69. The van der Waals surface area contributed by atoms with Crippen LogP contribution in [0.3, 0.4) is 0 Å². The lowest BCUT2D eigenvalue weighted by atomic mass is 10.1. The van der Waals surface area contributed by atoms with Gasteiger partial charge >= 0.3 is 0 Å². The van der Waals surface area contributed by atoms with Crippen molar-refractivity contribution in [2.75, 3.05) is 19.6 Å². The van der Waals surface area contributed by atoms with Crippen molar-refractivity contribution in [1.82, 2.24) is 10.2 Å². The molecule has 1 heterocycles. The van der Waals surface area contributed by atoms with Crippen LogP contribution in [0.1, 0.15) is 36.2 Å². The zero-order valence-corrected chi connectivity index (χ0v) is 11.9. The first-order valence-electron chi connectivity index (χ1n) is 6.71. The van der Waals surface area contributed by atoms with Crippen LogP contribution in [-0.2, 0) is 4.79 Å². The average molecular weight is 262 g/mol. The van der Waals surface area contributed by atoms with Crippen molar-refractivity contribution in [3.8, 4) is 0 Å². The molecule has 2 rings (SSSR count). The van der Waals surface area contributed by atoms with Gasteiger partial charge in [-0.25, -0.2) is 0 Å². The Morgan fingerprint density at radius 2 is 1.84 bits per heavy atom. The number of nitrogens with one attached hydrogen (secondary N) is 1. The van der Waals surface area contributed by atoms with E-state index >= 15 is 0 Å². The van der Waals surface area contributed by atoms with Crippen LogP contribution in [0.25, 0.3) is 0 Å². The third kappa shape index (κ3) is 4.73. The standard InChI is InChI=1S/C12H14N2O2.C3H8/c1-9-2-4-10(5-3-9)12(16)14-7-6-13-11(15)8-14;1-3-2/h2-5H,6-8H2,1H3,(H,13,15);3H2,1-2H3. The van der Waals surface area contributed by atoms with Crippen LogP contribution in [0.2, 0.25) is 0 Å². The molecule has 1 aromatic carbocycles. The van der Waals surface area contributed by atoms with Crippen molar-refractivity contribution in [2.24, 2.45) is 0 Å². The largest absolute Gasteiger partial charge is 0.353 e. The van der Waals surface area contributed by atoms with Crippen LogP contribution in [0.15, 0.2) is 24.3 Å². The minimum Gasteiger partial charge on any atom is -0.353 e. The summed E-state index contributed by atoms with van der Waals surface area (Å²) >= 11 is 0. The van der Waals surface area contributed by atoms with E-state index in [1.54, 1.807) is 17.0 Å². The normalized spacial score (nSPS) is 14.3. The van der Waals surface area contributed by atoms with Gasteiger partial charge in [0.1, 0.15) is 0 Å². The molecule has 4 heteroatoms. The van der Waals surface area contributed by atoms with Crippen molar-refractivity contribution < 1.29 is 9.59 Å². The maximum atomic E-state index is 12.0. The predicted octanol–water partition coefficient (Wildman–Crippen LogP) is 1.98. The van der Waals surface area contributed by atoms with E-state index in [0.717, 1.165) is 5.56 Å². The van der Waals surface area contributed by atoms with Crippen LogP contribution >= 0.6 is 0 Å². The molecule has 1 N–H and O–H groups in total. The molecule has 0 bridgehead atoms. The molecule has 1 saturated heterocycles. The predicted molar refractivity (Wildman–Crippen MR) is 76.1 cm³/mol. The van der Waals surface area contributed by atoms with E-state index in [2.05, 4.69) is 19.2 Å². The average Bonchev–Trinajstić information content (AvgIpc) is 2.40. The van der Waals surface area contributed by atoms with Crippen molar-refractivity contribution in [3.63, 3.8) is 0 Å². The van der Waals surface area contributed by atoms with E-state index in [1.165, 1.54) is 6.42 Å². The van der Waals surface area contributed by atoms with Crippen molar-refractivity contribution in [2.45, 2.75) is 27.2 Å². The van der Waals surface area contributed by atoms with E-state index in [-0.39, 0.29) is 18.4 Å². The number of aryl methyl sites for hydroxylation is 1. The highest BCUT2D eigenvalue weighted by atomic mass is 16.2. The van der Waals surface area contributed by atoms with Gasteiger partial charge < -0.3 is 10.2 Å². The minimum atomic E-state index is -0.0910. The lowest BCUT2D eigenvalue weighted by Crippen LogP contribution is -2.49. The molecule has 4 nitrogen and oxygen atoms in total. The SMILES string of the molecule is CCC.Cc1ccc(C(=O)N2CCNC(=O)C2)cc1. The minimum absolute atomic E-state index is 0.0742. The maximum Gasteiger partial charge on any atom is 0.254 e. The van der Waals surface area contributed by atoms with E-state index in [1.807, 2.05) is 19.1 Å². The molecule has 0 saturated carbocycles. The molecule has 0 unspecified atom stereocenters. The molecule has 0 spiro atoms. The highest BCUT2D eigenvalue weighted by Gasteiger charge is 2.21. The zero-order chi connectivity index (χ0) is 14.3. The Morgan fingerprint density at radius 3 is 2.37 bits per heavy atom. The summed E-state index contributed by atoms with van der Waals surface area (Å²) < 4.78 is 0. The first kappa shape index (κ1) is 15.2. The van der Waals surface area contributed by atoms with Gasteiger partial charge in [0.2, 0.25) is 5.91 Å². The van der Waals surface area contributed by atoms with Crippen LogP contribution < -0.4 is 5.32 Å². The molecule has 0 atom stereocenters. The summed E-state index contributed by atoms with van der Waals surface area (Å²) in [5.74, 6) is -0.165. The molecular formula is C15H22N2O2. The number of benzene rings is 1. The second kappa shape index (κ2) is 7.56. The number of rotatable bonds is 1. The monoisotopic (exact) mass is 262 g/mol. The van der Waals surface area contributed by atoms with Crippen LogP contribution in [-0.4, -0.2) is 36.3 Å². The first-order chi connectivity index (χ1) is 9.08. The van der Waals surface area contributed by atoms with Gasteiger partial charge in [0, 0.05) is 18.7 Å². The fraction of sp³-hybridized carbons (Fsp3) is 0.467. The molecule has 1 aliphatic heterocycles. The number of carbonyl (C=O) groups excluding carboxylic acids is 2. The lowest BCUT2D eigenvalue weighted by molar-refractivity contribution is -0.123. The number of carbonyl (C=O) groups is 2. The molecule has 104 valence electrons. The number of amides is 2. The van der Waals surface area contributed by atoms with Crippen LogP contribution in [0.5, 0.6) is 0 Å². The Hall–Kier alpha value is -1.84. The van der Waals surface area contributed by atoms with Gasteiger partial charge in [-0.1, -0.05) is 38.0 Å². The number of hydrogen-bond donors (Lipinski definition) is 1. The summed E-state index contributed by atoms with van der Waals surface area (Å²) in [7, 11) is 0. The summed E-state index contributed by atoms with van der Waals surface area (Å²) in [5.41, 5.74) is 1.76. The summed E-state index contributed by atoms with van der Waals surface area (Å²) in [6.45, 7) is 7.50. The van der Waals surface area contributed by atoms with Crippen LogP contribution in [0.4, 0.5) is 0 Å². The van der Waals surface area contributed by atoms with Gasteiger partial charge in [0.25, 0.3) is 5.91 Å². The quantitative estimate of drug-likeness (QED) is 0.841. The third-order valence-electron chi connectivity index (χ3n) is 2.62. The Kier molecular flexibility index (Phi) is 6.06. The van der Waals surface area contributed by atoms with Gasteiger partial charge in [-0.15, -0.1) is 0 Å². The molecule has 0 aliphatic carbocycles. The topological polar surface area (TPSA) is 49.4 Å². The fourth-order valence-electron chi connectivity index (χ4n) is 1.69. The van der Waals surface area contributed by atoms with Crippen LogP contribution in [0, 0.1) is 6.92 Å². The lowest BCUT2D eigenvalue weighted by Gasteiger charge is -2.26. The summed E-state index contributed by atoms with van der Waals surface area (Å²) in [4.78, 5) is 24.7. The Labute approximate surface area is 114 Å². The van der Waals surface area contributed by atoms with E-state index in [9.17, 15) is 9.59 Å². The second-order valence-electron chi connectivity index (χ2n) is 4.65. The molecule has 19 heavy (non-hydrogen) atoms. The molecule has 0 aromatic heterocycles. The van der Waals surface area contributed by atoms with Gasteiger partial charge in [-0.05, 0) is 19.1 Å². The highest BCUT2D eigenvalue weighted by Crippen LogP contribution is 2.07. The second-order valence-corrected chi connectivity index (χ2v) is 4.65. The van der Waals surface area contributed by atoms with Gasteiger partial charge in [0.05, 0.1) is 6.54 Å². The van der Waals surface area contributed by atoms with Crippen molar-refractivity contribution in [3.05, 3.63) is 35.4 Å². The summed E-state index contributed by atoms with van der Waals surface area (Å²) in [6.07, 6.45) is 1.25. The van der Waals surface area contributed by atoms with Crippen molar-refractivity contribution >= 4 is 11.8 Å². The smallest absolute Gasteiger partial charge is 0.254 e. The first-order valence-corrected chi connectivity index (χ1v) is 6.71. The van der Waals surface area contributed by atoms with Gasteiger partial charge in [0.15, 0.2) is 0 Å². The van der Waals surface area contributed by atoms with Crippen molar-refractivity contribution in [1.29, 1.82) is 0 Å². The molecule has 1 aliphatic rings. The molecular weight excluding hydrogens is 240 g/mol. The zero-order valence-electron chi connectivity index (χ0n) is 11.9. The molecule has 2 amide bonds. The van der Waals surface area contributed by atoms with E-state index in [0.29, 0.717) is 18.7 Å². The number of nitrogens with zero attached hydrogens (tertiary/aromatic N) is 1. The van der Waals surface area contributed by atoms with E-state index in [4.69, 9.17) is 0 Å². The third-order valence-corrected chi connectivity index (χ3v) is 2.62. The molecule has 1 fully saturated rings. The maximum absolute atomic E-state index is 12.0. The Balaban J connectivity index is 0.000000550. The summed E-state index contributed by atoms with van der Waals surface area (Å²) in [6, 6.07) is 7.39. The highest BCUT2D eigenvalue weighted by molar-refractivity contribution is 5.97. The Morgan fingerprint density at radius 1 is 1.26 bits per heavy atom. The molecule has 0 radical (unpaired) electrons. The Bertz CT molecular complexity index is 426. The number of hydrogen-bond acceptors (Lipinski definition) is 2.